The number of amides is 1. The zero-order valence-electron chi connectivity index (χ0n) is 17.3. The summed E-state index contributed by atoms with van der Waals surface area (Å²) in [5, 5.41) is 3.75. The molecule has 7 heteroatoms. The smallest absolute Gasteiger partial charge is 0.331 e. The molecule has 5 nitrogen and oxygen atoms in total. The number of nitrogens with one attached hydrogen (secondary N) is 1. The number of hydrogen-bond acceptors (Lipinski definition) is 4. The van der Waals surface area contributed by atoms with E-state index < -0.39 is 11.9 Å². The molecule has 0 heterocycles. The molecule has 1 N–H and O–H groups in total. The largest absolute Gasteiger partial charge is 0.489 e. The molecule has 3 aromatic rings. The molecule has 32 heavy (non-hydrogen) atoms. The lowest BCUT2D eigenvalue weighted by Gasteiger charge is -2.09. The van der Waals surface area contributed by atoms with Crippen molar-refractivity contribution in [2.75, 3.05) is 11.9 Å². The van der Waals surface area contributed by atoms with Crippen LogP contribution in [0.5, 0.6) is 5.75 Å². The molecule has 0 radical (unpaired) electrons. The second-order valence-corrected chi connectivity index (χ2v) is 7.73. The number of halogens is 2. The van der Waals surface area contributed by atoms with Gasteiger partial charge >= 0.3 is 5.97 Å². The van der Waals surface area contributed by atoms with Gasteiger partial charge in [-0.1, -0.05) is 59.1 Å². The van der Waals surface area contributed by atoms with E-state index in [1.807, 2.05) is 19.1 Å². The Labute approximate surface area is 196 Å². The number of hydrogen-bond donors (Lipinski definition) is 1. The van der Waals surface area contributed by atoms with Crippen molar-refractivity contribution in [3.63, 3.8) is 0 Å². The van der Waals surface area contributed by atoms with Crippen molar-refractivity contribution in [2.45, 2.75) is 13.5 Å². The molecule has 0 spiro atoms. The van der Waals surface area contributed by atoms with Gasteiger partial charge in [0.25, 0.3) is 5.91 Å². The lowest BCUT2D eigenvalue weighted by atomic mass is 10.2. The number of rotatable bonds is 8. The lowest BCUT2D eigenvalue weighted by Crippen LogP contribution is -2.20. The molecule has 0 aliphatic carbocycles. The fourth-order valence-corrected chi connectivity index (χ4v) is 3.19. The van der Waals surface area contributed by atoms with E-state index in [0.29, 0.717) is 27.0 Å². The predicted octanol–water partition coefficient (Wildman–Crippen LogP) is 6.08. The highest BCUT2D eigenvalue weighted by Gasteiger charge is 2.07. The van der Waals surface area contributed by atoms with Crippen LogP contribution in [0.3, 0.4) is 0 Å². The lowest BCUT2D eigenvalue weighted by molar-refractivity contribution is -0.142. The number of benzene rings is 3. The molecule has 0 atom stereocenters. The average Bonchev–Trinajstić information content (AvgIpc) is 2.78. The van der Waals surface area contributed by atoms with E-state index in [2.05, 4.69) is 5.32 Å². The summed E-state index contributed by atoms with van der Waals surface area (Å²) in [5.41, 5.74) is 3.22. The molecule has 3 rings (SSSR count). The first kappa shape index (κ1) is 23.4. The van der Waals surface area contributed by atoms with Gasteiger partial charge in [-0.05, 0) is 55.0 Å². The van der Waals surface area contributed by atoms with Crippen LogP contribution < -0.4 is 10.1 Å². The molecule has 0 aliphatic rings. The van der Waals surface area contributed by atoms with Crippen LogP contribution in [0.4, 0.5) is 5.69 Å². The van der Waals surface area contributed by atoms with Crippen LogP contribution in [0.1, 0.15) is 16.7 Å². The van der Waals surface area contributed by atoms with Crippen molar-refractivity contribution in [3.05, 3.63) is 99.5 Å². The normalized spacial score (nSPS) is 10.7. The highest BCUT2D eigenvalue weighted by atomic mass is 35.5. The number of carbonyl (C=O) groups excluding carboxylic acids is 2. The third-order valence-corrected chi connectivity index (χ3v) is 5.13. The monoisotopic (exact) mass is 469 g/mol. The highest BCUT2D eigenvalue weighted by molar-refractivity contribution is 6.35. The number of ether oxygens (including phenoxy) is 2. The second-order valence-electron chi connectivity index (χ2n) is 6.91. The fourth-order valence-electron chi connectivity index (χ4n) is 2.68. The van der Waals surface area contributed by atoms with Crippen molar-refractivity contribution in [1.29, 1.82) is 0 Å². The average molecular weight is 470 g/mol. The van der Waals surface area contributed by atoms with E-state index >= 15 is 0 Å². The maximum atomic E-state index is 11.9. The van der Waals surface area contributed by atoms with Crippen molar-refractivity contribution in [3.8, 4) is 5.75 Å². The molecule has 1 amide bonds. The van der Waals surface area contributed by atoms with Gasteiger partial charge < -0.3 is 14.8 Å². The predicted molar refractivity (Wildman–Crippen MR) is 127 cm³/mol. The molecule has 3 aromatic carbocycles. The summed E-state index contributed by atoms with van der Waals surface area (Å²) in [4.78, 5) is 23.7. The minimum atomic E-state index is -0.613. The third-order valence-electron chi connectivity index (χ3n) is 4.42. The Morgan fingerprint density at radius 1 is 0.938 bits per heavy atom. The molecule has 0 saturated carbocycles. The van der Waals surface area contributed by atoms with Gasteiger partial charge in [-0.3, -0.25) is 4.79 Å². The second kappa shape index (κ2) is 11.4. The molecule has 0 aromatic heterocycles. The van der Waals surface area contributed by atoms with Gasteiger partial charge in [0.2, 0.25) is 0 Å². The van der Waals surface area contributed by atoms with Crippen molar-refractivity contribution >= 4 is 46.8 Å². The van der Waals surface area contributed by atoms with Gasteiger partial charge in [0.15, 0.2) is 6.61 Å². The van der Waals surface area contributed by atoms with Crippen LogP contribution in [0, 0.1) is 6.92 Å². The third kappa shape index (κ3) is 7.15. The van der Waals surface area contributed by atoms with Gasteiger partial charge in [-0.25, -0.2) is 4.79 Å². The Hall–Kier alpha value is -3.28. The van der Waals surface area contributed by atoms with Gasteiger partial charge in [0, 0.05) is 27.4 Å². The van der Waals surface area contributed by atoms with E-state index in [1.54, 1.807) is 60.7 Å². The molecule has 0 fully saturated rings. The Morgan fingerprint density at radius 2 is 1.59 bits per heavy atom. The van der Waals surface area contributed by atoms with E-state index in [-0.39, 0.29) is 13.2 Å². The highest BCUT2D eigenvalue weighted by Crippen LogP contribution is 2.26. The number of anilines is 1. The maximum Gasteiger partial charge on any atom is 0.331 e. The summed E-state index contributed by atoms with van der Waals surface area (Å²) in [6.07, 6.45) is 2.85. The molecule has 164 valence electrons. The van der Waals surface area contributed by atoms with Crippen LogP contribution in [-0.2, 0) is 20.9 Å². The first-order chi connectivity index (χ1) is 15.4. The van der Waals surface area contributed by atoms with Crippen LogP contribution >= 0.6 is 23.2 Å². The van der Waals surface area contributed by atoms with Crippen LogP contribution in [-0.4, -0.2) is 18.5 Å². The zero-order valence-corrected chi connectivity index (χ0v) is 18.8. The van der Waals surface area contributed by atoms with Gasteiger partial charge in [0.1, 0.15) is 12.4 Å². The first-order valence-corrected chi connectivity index (χ1v) is 10.5. The summed E-state index contributed by atoms with van der Waals surface area (Å²) in [5.74, 6) is -0.387. The summed E-state index contributed by atoms with van der Waals surface area (Å²) in [7, 11) is 0. The molecular weight excluding hydrogens is 449 g/mol. The summed E-state index contributed by atoms with van der Waals surface area (Å²) in [6, 6.07) is 19.7. The standard InChI is InChI=1S/C25H21Cl2NO4/c1-17-5-10-19(11-6-17)28-24(29)16-32-25(30)14-9-18-7-12-20(13-8-18)31-15-21-22(26)3-2-4-23(21)27/h2-14H,15-16H2,1H3,(H,28,29). The van der Waals surface area contributed by atoms with E-state index in [4.69, 9.17) is 32.7 Å². The van der Waals surface area contributed by atoms with Gasteiger partial charge in [0.05, 0.1) is 0 Å². The SMILES string of the molecule is Cc1ccc(NC(=O)COC(=O)C=Cc2ccc(OCc3c(Cl)cccc3Cl)cc2)cc1. The van der Waals surface area contributed by atoms with E-state index in [1.165, 1.54) is 6.08 Å². The van der Waals surface area contributed by atoms with Crippen LogP contribution in [0.2, 0.25) is 10.0 Å². The number of aryl methyl sites for hydroxylation is 1. The Balaban J connectivity index is 1.45. The van der Waals surface area contributed by atoms with Crippen molar-refractivity contribution in [2.24, 2.45) is 0 Å². The zero-order chi connectivity index (χ0) is 22.9. The maximum absolute atomic E-state index is 11.9. The number of carbonyl (C=O) groups is 2. The molecule has 0 unspecified atom stereocenters. The Bertz CT molecular complexity index is 1090. The van der Waals surface area contributed by atoms with Crippen LogP contribution in [0.25, 0.3) is 6.08 Å². The Kier molecular flexibility index (Phi) is 8.31. The first-order valence-electron chi connectivity index (χ1n) is 9.78. The summed E-state index contributed by atoms with van der Waals surface area (Å²) in [6.45, 7) is 1.83. The Morgan fingerprint density at radius 3 is 2.25 bits per heavy atom. The summed E-state index contributed by atoms with van der Waals surface area (Å²) < 4.78 is 10.7. The molecule has 0 bridgehead atoms. The fraction of sp³-hybridized carbons (Fsp3) is 0.120. The molecule has 0 saturated heterocycles. The van der Waals surface area contributed by atoms with E-state index in [9.17, 15) is 9.59 Å². The van der Waals surface area contributed by atoms with Crippen molar-refractivity contribution in [1.82, 2.24) is 0 Å². The minimum Gasteiger partial charge on any atom is -0.489 e. The van der Waals surface area contributed by atoms with E-state index in [0.717, 1.165) is 11.1 Å². The van der Waals surface area contributed by atoms with Crippen LogP contribution in [0.15, 0.2) is 72.8 Å². The van der Waals surface area contributed by atoms with Crippen molar-refractivity contribution < 1.29 is 19.1 Å². The number of esters is 1. The quantitative estimate of drug-likeness (QED) is 0.320. The van der Waals surface area contributed by atoms with Gasteiger partial charge in [-0.2, -0.15) is 0 Å². The minimum absolute atomic E-state index is 0.241. The topological polar surface area (TPSA) is 64.6 Å². The molecule has 0 aliphatic heterocycles. The van der Waals surface area contributed by atoms with Gasteiger partial charge in [-0.15, -0.1) is 0 Å². The summed E-state index contributed by atoms with van der Waals surface area (Å²) >= 11 is 12.3. The molecular formula is C25H21Cl2NO4.